The second kappa shape index (κ2) is 9.37. The first-order valence-corrected chi connectivity index (χ1v) is 9.53. The molecule has 1 heterocycles. The van der Waals surface area contributed by atoms with Gasteiger partial charge in [0.05, 0.1) is 13.7 Å². The molecule has 0 saturated carbocycles. The van der Waals surface area contributed by atoms with Crippen LogP contribution in [0, 0.1) is 0 Å². The van der Waals surface area contributed by atoms with Crippen molar-refractivity contribution >= 4 is 17.4 Å². The molecule has 1 N–H and O–H groups in total. The van der Waals surface area contributed by atoms with E-state index in [0.29, 0.717) is 13.1 Å². The highest BCUT2D eigenvalue weighted by Gasteiger charge is 2.19. The number of ketones is 1. The minimum atomic E-state index is 0.0371. The van der Waals surface area contributed by atoms with E-state index < -0.39 is 0 Å². The van der Waals surface area contributed by atoms with Gasteiger partial charge in [-0.1, -0.05) is 12.1 Å². The van der Waals surface area contributed by atoms with Crippen LogP contribution < -0.4 is 15.0 Å². The lowest BCUT2D eigenvalue weighted by atomic mass is 10.1. The maximum Gasteiger partial charge on any atom is 0.234 e. The van der Waals surface area contributed by atoms with Crippen molar-refractivity contribution in [1.82, 2.24) is 10.2 Å². The van der Waals surface area contributed by atoms with Crippen LogP contribution in [0.1, 0.15) is 22.8 Å². The molecule has 0 bridgehead atoms. The van der Waals surface area contributed by atoms with Crippen molar-refractivity contribution in [2.24, 2.45) is 0 Å². The molecular weight excluding hydrogens is 354 g/mol. The Morgan fingerprint density at radius 2 is 1.61 bits per heavy atom. The lowest BCUT2D eigenvalue weighted by molar-refractivity contribution is -0.122. The van der Waals surface area contributed by atoms with Crippen molar-refractivity contribution in [2.45, 2.75) is 13.5 Å². The predicted molar refractivity (Wildman–Crippen MR) is 110 cm³/mol. The first-order chi connectivity index (χ1) is 13.5. The fourth-order valence-electron chi connectivity index (χ4n) is 3.27. The highest BCUT2D eigenvalue weighted by Crippen LogP contribution is 2.17. The van der Waals surface area contributed by atoms with E-state index in [4.69, 9.17) is 4.74 Å². The molecule has 2 aromatic rings. The number of rotatable bonds is 7. The predicted octanol–water partition coefficient (Wildman–Crippen LogP) is 2.34. The topological polar surface area (TPSA) is 61.9 Å². The minimum absolute atomic E-state index is 0.0371. The van der Waals surface area contributed by atoms with Gasteiger partial charge in [-0.05, 0) is 48.9 Å². The number of piperazine rings is 1. The smallest absolute Gasteiger partial charge is 0.234 e. The third kappa shape index (κ3) is 5.33. The molecule has 1 aliphatic rings. The van der Waals surface area contributed by atoms with E-state index in [0.717, 1.165) is 48.7 Å². The van der Waals surface area contributed by atoms with Crippen LogP contribution in [-0.2, 0) is 11.3 Å². The Labute approximate surface area is 166 Å². The number of carbonyl (C=O) groups excluding carboxylic acids is 2. The van der Waals surface area contributed by atoms with E-state index in [-0.39, 0.29) is 11.7 Å². The Hall–Kier alpha value is -2.86. The van der Waals surface area contributed by atoms with Crippen molar-refractivity contribution < 1.29 is 14.3 Å². The molecule has 0 radical (unpaired) electrons. The normalized spacial score (nSPS) is 14.6. The van der Waals surface area contributed by atoms with Gasteiger partial charge in [-0.3, -0.25) is 14.5 Å². The number of hydrogen-bond donors (Lipinski definition) is 1. The number of anilines is 1. The number of hydrogen-bond acceptors (Lipinski definition) is 5. The molecule has 0 spiro atoms. The van der Waals surface area contributed by atoms with Gasteiger partial charge in [0.15, 0.2) is 5.78 Å². The van der Waals surface area contributed by atoms with Crippen molar-refractivity contribution in [1.29, 1.82) is 0 Å². The van der Waals surface area contributed by atoms with Crippen LogP contribution in [-0.4, -0.2) is 56.4 Å². The summed E-state index contributed by atoms with van der Waals surface area (Å²) in [7, 11) is 1.64. The summed E-state index contributed by atoms with van der Waals surface area (Å²) in [5, 5.41) is 2.98. The molecular formula is C22H27N3O3. The van der Waals surface area contributed by atoms with E-state index in [1.54, 1.807) is 14.0 Å². The number of nitrogens with one attached hydrogen (secondary N) is 1. The van der Waals surface area contributed by atoms with Gasteiger partial charge < -0.3 is 15.0 Å². The summed E-state index contributed by atoms with van der Waals surface area (Å²) < 4.78 is 5.14. The molecule has 0 aliphatic carbocycles. The number of amides is 1. The average Bonchev–Trinajstić information content (AvgIpc) is 2.73. The summed E-state index contributed by atoms with van der Waals surface area (Å²) in [5.74, 6) is 0.927. The standard InChI is InChI=1S/C22H27N3O3/c1-17(26)19-5-7-20(8-6-19)25-13-11-24(12-14-25)16-22(27)23-15-18-3-9-21(28-2)10-4-18/h3-10H,11-16H2,1-2H3,(H,23,27). The van der Waals surface area contributed by atoms with Gasteiger partial charge in [0, 0.05) is 44.0 Å². The van der Waals surface area contributed by atoms with E-state index in [9.17, 15) is 9.59 Å². The number of nitrogens with zero attached hydrogens (tertiary/aromatic N) is 2. The molecule has 148 valence electrons. The van der Waals surface area contributed by atoms with E-state index in [1.807, 2.05) is 48.5 Å². The summed E-state index contributed by atoms with van der Waals surface area (Å²) in [6.45, 7) is 5.91. The van der Waals surface area contributed by atoms with Gasteiger partial charge in [-0.15, -0.1) is 0 Å². The zero-order valence-corrected chi connectivity index (χ0v) is 16.5. The second-order valence-electron chi connectivity index (χ2n) is 6.99. The fraction of sp³-hybridized carbons (Fsp3) is 0.364. The fourth-order valence-corrected chi connectivity index (χ4v) is 3.27. The van der Waals surface area contributed by atoms with Crippen LogP contribution in [0.25, 0.3) is 0 Å². The van der Waals surface area contributed by atoms with E-state index >= 15 is 0 Å². The molecule has 1 aliphatic heterocycles. The van der Waals surface area contributed by atoms with E-state index in [2.05, 4.69) is 15.1 Å². The number of carbonyl (C=O) groups is 2. The first kappa shape index (κ1) is 19.9. The van der Waals surface area contributed by atoms with Gasteiger partial charge in [0.25, 0.3) is 0 Å². The monoisotopic (exact) mass is 381 g/mol. The molecule has 0 aromatic heterocycles. The van der Waals surface area contributed by atoms with E-state index in [1.165, 1.54) is 0 Å². The van der Waals surface area contributed by atoms with Crippen LogP contribution in [0.3, 0.4) is 0 Å². The summed E-state index contributed by atoms with van der Waals surface area (Å²) in [4.78, 5) is 28.1. The third-order valence-corrected chi connectivity index (χ3v) is 5.03. The molecule has 6 nitrogen and oxygen atoms in total. The Bertz CT molecular complexity index is 795. The molecule has 0 atom stereocenters. The molecule has 1 saturated heterocycles. The van der Waals surface area contributed by atoms with Crippen LogP contribution >= 0.6 is 0 Å². The van der Waals surface area contributed by atoms with Gasteiger partial charge >= 0.3 is 0 Å². The molecule has 28 heavy (non-hydrogen) atoms. The highest BCUT2D eigenvalue weighted by atomic mass is 16.5. The lowest BCUT2D eigenvalue weighted by Gasteiger charge is -2.35. The van der Waals surface area contributed by atoms with Gasteiger partial charge in [-0.25, -0.2) is 0 Å². The maximum absolute atomic E-state index is 12.2. The average molecular weight is 381 g/mol. The summed E-state index contributed by atoms with van der Waals surface area (Å²) in [6, 6.07) is 15.4. The molecule has 3 rings (SSSR count). The Morgan fingerprint density at radius 1 is 0.964 bits per heavy atom. The highest BCUT2D eigenvalue weighted by molar-refractivity contribution is 5.94. The SMILES string of the molecule is COc1ccc(CNC(=O)CN2CCN(c3ccc(C(C)=O)cc3)CC2)cc1. The van der Waals surface area contributed by atoms with Gasteiger partial charge in [0.1, 0.15) is 5.75 Å². The molecule has 2 aromatic carbocycles. The van der Waals surface area contributed by atoms with Crippen LogP contribution in [0.2, 0.25) is 0 Å². The van der Waals surface area contributed by atoms with Crippen LogP contribution in [0.5, 0.6) is 5.75 Å². The first-order valence-electron chi connectivity index (χ1n) is 9.53. The number of benzene rings is 2. The Morgan fingerprint density at radius 3 is 2.18 bits per heavy atom. The van der Waals surface area contributed by atoms with Crippen molar-refractivity contribution in [3.05, 3.63) is 59.7 Å². The van der Waals surface area contributed by atoms with Crippen molar-refractivity contribution in [3.63, 3.8) is 0 Å². The maximum atomic E-state index is 12.2. The summed E-state index contributed by atoms with van der Waals surface area (Å²) in [6.07, 6.45) is 0. The third-order valence-electron chi connectivity index (χ3n) is 5.03. The largest absolute Gasteiger partial charge is 0.497 e. The molecule has 0 unspecified atom stereocenters. The number of Topliss-reactive ketones (excluding diaryl/α,β-unsaturated/α-hetero) is 1. The van der Waals surface area contributed by atoms with Gasteiger partial charge in [-0.2, -0.15) is 0 Å². The summed E-state index contributed by atoms with van der Waals surface area (Å²) >= 11 is 0. The summed E-state index contributed by atoms with van der Waals surface area (Å²) in [5.41, 5.74) is 2.90. The number of ether oxygens (including phenoxy) is 1. The zero-order chi connectivity index (χ0) is 19.9. The molecule has 6 heteroatoms. The van der Waals surface area contributed by atoms with Crippen molar-refractivity contribution in [2.75, 3.05) is 44.7 Å². The van der Waals surface area contributed by atoms with Gasteiger partial charge in [0.2, 0.25) is 5.91 Å². The van der Waals surface area contributed by atoms with Crippen LogP contribution in [0.4, 0.5) is 5.69 Å². The Balaban J connectivity index is 1.41. The Kier molecular flexibility index (Phi) is 6.66. The lowest BCUT2D eigenvalue weighted by Crippen LogP contribution is -2.49. The second-order valence-corrected chi connectivity index (χ2v) is 6.99. The minimum Gasteiger partial charge on any atom is -0.497 e. The zero-order valence-electron chi connectivity index (χ0n) is 16.5. The molecule has 1 fully saturated rings. The number of methoxy groups -OCH3 is 1. The van der Waals surface area contributed by atoms with Crippen LogP contribution in [0.15, 0.2) is 48.5 Å². The molecule has 1 amide bonds. The van der Waals surface area contributed by atoms with Crippen molar-refractivity contribution in [3.8, 4) is 5.75 Å². The quantitative estimate of drug-likeness (QED) is 0.746.